The van der Waals surface area contributed by atoms with E-state index >= 15 is 0 Å². The van der Waals surface area contributed by atoms with Crippen molar-refractivity contribution in [3.8, 4) is 0 Å². The van der Waals surface area contributed by atoms with Crippen molar-refractivity contribution < 1.29 is 9.18 Å². The molecular weight excluding hydrogens is 434 g/mol. The van der Waals surface area contributed by atoms with Crippen molar-refractivity contribution in [1.82, 2.24) is 15.5 Å². The molecule has 140 valence electrons. The first-order valence-electron chi connectivity index (χ1n) is 8.70. The van der Waals surface area contributed by atoms with Crippen LogP contribution in [0.1, 0.15) is 32.3 Å². The number of amides is 1. The molecule has 1 unspecified atom stereocenters. The molecule has 0 bridgehead atoms. The highest BCUT2D eigenvalue weighted by atomic mass is 127. The van der Waals surface area contributed by atoms with Crippen LogP contribution in [0, 0.1) is 5.82 Å². The second-order valence-electron chi connectivity index (χ2n) is 5.93. The second-order valence-corrected chi connectivity index (χ2v) is 5.93. The third-order valence-electron chi connectivity index (χ3n) is 4.14. The smallest absolute Gasteiger partial charge is 0.222 e. The summed E-state index contributed by atoms with van der Waals surface area (Å²) in [6, 6.07) is 7.00. The van der Waals surface area contributed by atoms with Crippen molar-refractivity contribution in [2.75, 3.05) is 26.2 Å². The van der Waals surface area contributed by atoms with Crippen LogP contribution in [0.25, 0.3) is 0 Å². The van der Waals surface area contributed by atoms with Gasteiger partial charge >= 0.3 is 0 Å². The third kappa shape index (κ3) is 6.80. The van der Waals surface area contributed by atoms with E-state index in [-0.39, 0.29) is 41.7 Å². The zero-order chi connectivity index (χ0) is 17.4. The molecular formula is C18H28FIN4O. The molecule has 1 atom stereocenters. The van der Waals surface area contributed by atoms with Crippen molar-refractivity contribution in [1.29, 1.82) is 0 Å². The minimum absolute atomic E-state index is 0. The number of hydrogen-bond acceptors (Lipinski definition) is 2. The van der Waals surface area contributed by atoms with Gasteiger partial charge in [0.05, 0.1) is 0 Å². The van der Waals surface area contributed by atoms with Crippen LogP contribution in [0.4, 0.5) is 4.39 Å². The van der Waals surface area contributed by atoms with Crippen LogP contribution >= 0.6 is 24.0 Å². The molecule has 7 heteroatoms. The van der Waals surface area contributed by atoms with E-state index in [1.165, 1.54) is 6.07 Å². The molecule has 0 aliphatic carbocycles. The molecule has 1 saturated heterocycles. The van der Waals surface area contributed by atoms with Crippen LogP contribution in [-0.2, 0) is 11.2 Å². The summed E-state index contributed by atoms with van der Waals surface area (Å²) in [6.07, 6.45) is 2.03. The standard InChI is InChI=1S/C18H27FN4O.HI/c1-3-17(24)23-12-10-15(13-23)22-18(20-4-2)21-11-9-14-7-5-6-8-16(14)19;/h5-8,15H,3-4,9-13H2,1-2H3,(H2,20,21,22);1H. The van der Waals surface area contributed by atoms with E-state index in [2.05, 4.69) is 15.6 Å². The molecule has 2 rings (SSSR count). The van der Waals surface area contributed by atoms with Gasteiger partial charge in [-0.2, -0.15) is 0 Å². The lowest BCUT2D eigenvalue weighted by Gasteiger charge is -2.18. The number of rotatable bonds is 6. The number of nitrogens with one attached hydrogen (secondary N) is 2. The molecule has 1 aliphatic rings. The van der Waals surface area contributed by atoms with E-state index in [1.54, 1.807) is 12.1 Å². The van der Waals surface area contributed by atoms with E-state index in [0.29, 0.717) is 31.5 Å². The maximum absolute atomic E-state index is 13.6. The van der Waals surface area contributed by atoms with Crippen LogP contribution < -0.4 is 10.6 Å². The molecule has 0 spiro atoms. The fourth-order valence-corrected chi connectivity index (χ4v) is 2.83. The zero-order valence-corrected chi connectivity index (χ0v) is 17.3. The number of carbonyl (C=O) groups is 1. The predicted octanol–water partition coefficient (Wildman–Crippen LogP) is 2.55. The molecule has 5 nitrogen and oxygen atoms in total. The number of guanidine groups is 1. The summed E-state index contributed by atoms with van der Waals surface area (Å²) in [6.45, 7) is 6.67. The Kier molecular flexibility index (Phi) is 9.77. The molecule has 0 radical (unpaired) electrons. The molecule has 1 fully saturated rings. The quantitative estimate of drug-likeness (QED) is 0.388. The monoisotopic (exact) mass is 462 g/mol. The van der Waals surface area contributed by atoms with Gasteiger partial charge in [0.15, 0.2) is 5.96 Å². The van der Waals surface area contributed by atoms with Gasteiger partial charge in [-0.05, 0) is 31.4 Å². The predicted molar refractivity (Wildman–Crippen MR) is 110 cm³/mol. The fourth-order valence-electron chi connectivity index (χ4n) is 2.83. The average molecular weight is 462 g/mol. The van der Waals surface area contributed by atoms with Crippen molar-refractivity contribution in [2.45, 2.75) is 39.2 Å². The first-order chi connectivity index (χ1) is 11.6. The number of nitrogens with zero attached hydrogens (tertiary/aromatic N) is 2. The third-order valence-corrected chi connectivity index (χ3v) is 4.14. The summed E-state index contributed by atoms with van der Waals surface area (Å²) in [5, 5.41) is 6.59. The van der Waals surface area contributed by atoms with Gasteiger partial charge in [0.2, 0.25) is 5.91 Å². The van der Waals surface area contributed by atoms with E-state index in [1.807, 2.05) is 24.8 Å². The van der Waals surface area contributed by atoms with Crippen molar-refractivity contribution in [2.24, 2.45) is 4.99 Å². The van der Waals surface area contributed by atoms with Gasteiger partial charge in [0.25, 0.3) is 0 Å². The van der Waals surface area contributed by atoms with Gasteiger partial charge in [-0.3, -0.25) is 9.79 Å². The van der Waals surface area contributed by atoms with Crippen molar-refractivity contribution in [3.05, 3.63) is 35.6 Å². The largest absolute Gasteiger partial charge is 0.357 e. The Bertz CT molecular complexity index is 582. The van der Waals surface area contributed by atoms with Crippen LogP contribution in [0.3, 0.4) is 0 Å². The highest BCUT2D eigenvalue weighted by Crippen LogP contribution is 2.10. The number of likely N-dealkylation sites (tertiary alicyclic amines) is 1. The minimum Gasteiger partial charge on any atom is -0.357 e. The second kappa shape index (κ2) is 11.3. The van der Waals surface area contributed by atoms with E-state index < -0.39 is 0 Å². The molecule has 0 saturated carbocycles. The molecule has 1 aromatic carbocycles. The highest BCUT2D eigenvalue weighted by Gasteiger charge is 2.25. The Morgan fingerprint density at radius 1 is 1.36 bits per heavy atom. The van der Waals surface area contributed by atoms with Crippen LogP contribution in [-0.4, -0.2) is 49.0 Å². The lowest BCUT2D eigenvalue weighted by atomic mass is 10.1. The SMILES string of the molecule is CCNC(=NCCc1ccccc1F)NC1CCN(C(=O)CC)C1.I. The highest BCUT2D eigenvalue weighted by molar-refractivity contribution is 14.0. The maximum Gasteiger partial charge on any atom is 0.222 e. The number of halogens is 2. The minimum atomic E-state index is -0.185. The molecule has 1 aliphatic heterocycles. The van der Waals surface area contributed by atoms with E-state index in [4.69, 9.17) is 0 Å². The number of benzene rings is 1. The van der Waals surface area contributed by atoms with E-state index in [0.717, 1.165) is 25.5 Å². The normalized spacial score (nSPS) is 17.2. The molecule has 2 N–H and O–H groups in total. The lowest BCUT2D eigenvalue weighted by Crippen LogP contribution is -2.45. The summed E-state index contributed by atoms with van der Waals surface area (Å²) in [5.41, 5.74) is 0.678. The first-order valence-corrected chi connectivity index (χ1v) is 8.70. The van der Waals surface area contributed by atoms with Gasteiger partial charge in [-0.15, -0.1) is 24.0 Å². The molecule has 25 heavy (non-hydrogen) atoms. The topological polar surface area (TPSA) is 56.7 Å². The van der Waals surface area contributed by atoms with E-state index in [9.17, 15) is 9.18 Å². The summed E-state index contributed by atoms with van der Waals surface area (Å²) >= 11 is 0. The van der Waals surface area contributed by atoms with Crippen molar-refractivity contribution in [3.63, 3.8) is 0 Å². The molecule has 1 heterocycles. The Labute approximate surface area is 166 Å². The molecule has 0 aromatic heterocycles. The van der Waals surface area contributed by atoms with Gasteiger partial charge in [-0.1, -0.05) is 25.1 Å². The molecule has 1 amide bonds. The number of hydrogen-bond donors (Lipinski definition) is 2. The van der Waals surface area contributed by atoms with Gasteiger partial charge < -0.3 is 15.5 Å². The summed E-state index contributed by atoms with van der Waals surface area (Å²) < 4.78 is 13.6. The van der Waals surface area contributed by atoms with Crippen LogP contribution in [0.15, 0.2) is 29.3 Å². The Hall–Kier alpha value is -1.38. The van der Waals surface area contributed by atoms with Gasteiger partial charge in [-0.25, -0.2) is 4.39 Å². The van der Waals surface area contributed by atoms with Crippen LogP contribution in [0.5, 0.6) is 0 Å². The van der Waals surface area contributed by atoms with Gasteiger partial charge in [0, 0.05) is 38.6 Å². The van der Waals surface area contributed by atoms with Crippen LogP contribution in [0.2, 0.25) is 0 Å². The summed E-state index contributed by atoms with van der Waals surface area (Å²) in [5.74, 6) is 0.737. The first kappa shape index (κ1) is 21.7. The zero-order valence-electron chi connectivity index (χ0n) is 14.9. The average Bonchev–Trinajstić information content (AvgIpc) is 3.04. The van der Waals surface area contributed by atoms with Crippen molar-refractivity contribution >= 4 is 35.8 Å². The summed E-state index contributed by atoms with van der Waals surface area (Å²) in [4.78, 5) is 18.2. The van der Waals surface area contributed by atoms with Gasteiger partial charge in [0.1, 0.15) is 5.82 Å². The Balaban J connectivity index is 0.00000312. The maximum atomic E-state index is 13.6. The number of aliphatic imine (C=N–C) groups is 1. The Morgan fingerprint density at radius 3 is 2.80 bits per heavy atom. The lowest BCUT2D eigenvalue weighted by molar-refractivity contribution is -0.129. The number of carbonyl (C=O) groups excluding carboxylic acids is 1. The Morgan fingerprint density at radius 2 is 2.12 bits per heavy atom. The molecule has 1 aromatic rings. The summed E-state index contributed by atoms with van der Waals surface area (Å²) in [7, 11) is 0. The fraction of sp³-hybridized carbons (Fsp3) is 0.556.